The van der Waals surface area contributed by atoms with E-state index in [1.165, 1.54) is 12.1 Å². The minimum atomic E-state index is -1.24. The van der Waals surface area contributed by atoms with Crippen LogP contribution in [0.5, 0.6) is 5.75 Å². The lowest BCUT2D eigenvalue weighted by Crippen LogP contribution is -2.40. The Morgan fingerprint density at radius 1 is 1.31 bits per heavy atom. The molecule has 1 N–H and O–H groups in total. The van der Waals surface area contributed by atoms with E-state index in [4.69, 9.17) is 9.47 Å². The first-order chi connectivity index (χ1) is 13.8. The third kappa shape index (κ3) is 3.34. The van der Waals surface area contributed by atoms with Crippen LogP contribution in [0.1, 0.15) is 23.6 Å². The average Bonchev–Trinajstić information content (AvgIpc) is 2.92. The number of benzene rings is 2. The van der Waals surface area contributed by atoms with Gasteiger partial charge in [0.15, 0.2) is 6.79 Å². The van der Waals surface area contributed by atoms with E-state index in [-0.39, 0.29) is 25.6 Å². The van der Waals surface area contributed by atoms with Crippen molar-refractivity contribution in [3.63, 3.8) is 0 Å². The number of imide groups is 1. The highest BCUT2D eigenvalue weighted by atomic mass is 79.9. The molecular formula is C19H16BrN3O6. The van der Waals surface area contributed by atoms with E-state index < -0.39 is 22.4 Å². The predicted molar refractivity (Wildman–Crippen MR) is 104 cm³/mol. The van der Waals surface area contributed by atoms with Gasteiger partial charge in [-0.2, -0.15) is 0 Å². The molecule has 0 saturated carbocycles. The van der Waals surface area contributed by atoms with Gasteiger partial charge >= 0.3 is 6.03 Å². The Bertz CT molecular complexity index is 1040. The standard InChI is InChI=1S/C19H16BrN3O6/c1-19(13-3-2-4-14(20)7-13)17(24)22(18(25)21-19)8-11-5-15(23(26)27)6-12-9-28-10-29-16(11)12/h2-7H,8-10H2,1H3,(H,21,25)/t19-/m1/s1. The number of non-ortho nitro benzene ring substituents is 1. The summed E-state index contributed by atoms with van der Waals surface area (Å²) in [7, 11) is 0. The van der Waals surface area contributed by atoms with Crippen molar-refractivity contribution in [2.45, 2.75) is 25.6 Å². The number of nitro benzene ring substituents is 1. The molecule has 0 bridgehead atoms. The summed E-state index contributed by atoms with van der Waals surface area (Å²) in [6.07, 6.45) is 0. The Hall–Kier alpha value is -2.98. The second kappa shape index (κ2) is 7.12. The number of ether oxygens (including phenoxy) is 2. The molecule has 1 atom stereocenters. The lowest BCUT2D eigenvalue weighted by Gasteiger charge is -2.24. The van der Waals surface area contributed by atoms with E-state index in [2.05, 4.69) is 21.2 Å². The van der Waals surface area contributed by atoms with Gasteiger partial charge in [-0.05, 0) is 24.6 Å². The SMILES string of the molecule is C[C@]1(c2cccc(Br)c2)NC(=O)N(Cc2cc([N+](=O)[O-])cc3c2OCOC3)C1=O. The molecule has 0 aliphatic carbocycles. The highest BCUT2D eigenvalue weighted by molar-refractivity contribution is 9.10. The van der Waals surface area contributed by atoms with Crippen molar-refractivity contribution in [3.05, 3.63) is 67.7 Å². The van der Waals surface area contributed by atoms with Crippen LogP contribution < -0.4 is 10.1 Å². The maximum absolute atomic E-state index is 13.2. The van der Waals surface area contributed by atoms with Crippen molar-refractivity contribution in [1.82, 2.24) is 10.2 Å². The van der Waals surface area contributed by atoms with Crippen molar-refractivity contribution in [2.75, 3.05) is 6.79 Å². The zero-order valence-electron chi connectivity index (χ0n) is 15.3. The topological polar surface area (TPSA) is 111 Å². The van der Waals surface area contributed by atoms with Gasteiger partial charge in [0.2, 0.25) is 0 Å². The first-order valence-corrected chi connectivity index (χ1v) is 9.50. The molecule has 2 heterocycles. The van der Waals surface area contributed by atoms with Gasteiger partial charge < -0.3 is 14.8 Å². The number of hydrogen-bond acceptors (Lipinski definition) is 6. The van der Waals surface area contributed by atoms with Gasteiger partial charge in [-0.25, -0.2) is 4.79 Å². The van der Waals surface area contributed by atoms with Crippen LogP contribution in [0.3, 0.4) is 0 Å². The molecule has 2 aliphatic rings. The van der Waals surface area contributed by atoms with Gasteiger partial charge in [0.1, 0.15) is 11.3 Å². The summed E-state index contributed by atoms with van der Waals surface area (Å²) in [6, 6.07) is 9.22. The molecule has 4 rings (SSSR count). The van der Waals surface area contributed by atoms with E-state index in [9.17, 15) is 19.7 Å². The first kappa shape index (κ1) is 19.3. The van der Waals surface area contributed by atoms with E-state index in [1.54, 1.807) is 25.1 Å². The largest absolute Gasteiger partial charge is 0.467 e. The number of nitrogens with zero attached hydrogens (tertiary/aromatic N) is 2. The normalized spacial score (nSPS) is 20.8. The fraction of sp³-hybridized carbons (Fsp3) is 0.263. The fourth-order valence-electron chi connectivity index (χ4n) is 3.51. The number of amides is 3. The Kier molecular flexibility index (Phi) is 4.75. The van der Waals surface area contributed by atoms with Crippen molar-refractivity contribution in [3.8, 4) is 5.75 Å². The number of nitrogens with one attached hydrogen (secondary N) is 1. The maximum atomic E-state index is 13.2. The summed E-state index contributed by atoms with van der Waals surface area (Å²) in [5, 5.41) is 14.0. The number of carbonyl (C=O) groups is 2. The van der Waals surface area contributed by atoms with Crippen LogP contribution in [0.15, 0.2) is 40.9 Å². The van der Waals surface area contributed by atoms with Crippen molar-refractivity contribution in [2.24, 2.45) is 0 Å². The molecule has 0 radical (unpaired) electrons. The quantitative estimate of drug-likeness (QED) is 0.425. The summed E-state index contributed by atoms with van der Waals surface area (Å²) in [6.45, 7) is 1.62. The van der Waals surface area contributed by atoms with E-state index in [0.29, 0.717) is 22.4 Å². The number of carbonyl (C=O) groups excluding carboxylic acids is 2. The monoisotopic (exact) mass is 461 g/mol. The van der Waals surface area contributed by atoms with Gasteiger partial charge in [-0.1, -0.05) is 28.1 Å². The van der Waals surface area contributed by atoms with Gasteiger partial charge in [-0.3, -0.25) is 19.8 Å². The lowest BCUT2D eigenvalue weighted by molar-refractivity contribution is -0.385. The van der Waals surface area contributed by atoms with Gasteiger partial charge in [0.05, 0.1) is 18.1 Å². The van der Waals surface area contributed by atoms with Gasteiger partial charge in [0, 0.05) is 27.7 Å². The first-order valence-electron chi connectivity index (χ1n) is 8.70. The summed E-state index contributed by atoms with van der Waals surface area (Å²) in [5.41, 5.74) is 0.0980. The molecule has 3 amide bonds. The minimum absolute atomic E-state index is 0.00624. The second-order valence-electron chi connectivity index (χ2n) is 6.92. The van der Waals surface area contributed by atoms with Crippen LogP contribution in [-0.4, -0.2) is 28.6 Å². The Balaban J connectivity index is 1.70. The average molecular weight is 462 g/mol. The van der Waals surface area contributed by atoms with Crippen LogP contribution in [-0.2, 0) is 28.2 Å². The number of fused-ring (bicyclic) bond motifs is 1. The number of hydrogen-bond donors (Lipinski definition) is 1. The molecular weight excluding hydrogens is 446 g/mol. The molecule has 2 aliphatic heterocycles. The van der Waals surface area contributed by atoms with Crippen LogP contribution in [0.4, 0.5) is 10.5 Å². The van der Waals surface area contributed by atoms with Crippen LogP contribution >= 0.6 is 15.9 Å². The van der Waals surface area contributed by atoms with Gasteiger partial charge in [0.25, 0.3) is 11.6 Å². The van der Waals surface area contributed by atoms with E-state index in [1.807, 2.05) is 6.07 Å². The molecule has 150 valence electrons. The van der Waals surface area contributed by atoms with Gasteiger partial charge in [-0.15, -0.1) is 0 Å². The highest BCUT2D eigenvalue weighted by Gasteiger charge is 2.49. The molecule has 9 nitrogen and oxygen atoms in total. The zero-order valence-corrected chi connectivity index (χ0v) is 16.9. The van der Waals surface area contributed by atoms with Crippen molar-refractivity contribution >= 4 is 33.6 Å². The molecule has 0 unspecified atom stereocenters. The number of urea groups is 1. The van der Waals surface area contributed by atoms with Crippen LogP contribution in [0, 0.1) is 10.1 Å². The summed E-state index contributed by atoms with van der Waals surface area (Å²) >= 11 is 3.37. The summed E-state index contributed by atoms with van der Waals surface area (Å²) in [4.78, 5) is 37.6. The summed E-state index contributed by atoms with van der Waals surface area (Å²) < 4.78 is 11.5. The molecule has 10 heteroatoms. The molecule has 1 saturated heterocycles. The van der Waals surface area contributed by atoms with E-state index >= 15 is 0 Å². The number of rotatable bonds is 4. The second-order valence-corrected chi connectivity index (χ2v) is 7.83. The smallest absolute Gasteiger partial charge is 0.325 e. The molecule has 2 aromatic carbocycles. The summed E-state index contributed by atoms with van der Waals surface area (Å²) in [5.74, 6) is -0.0496. The Morgan fingerprint density at radius 2 is 2.10 bits per heavy atom. The van der Waals surface area contributed by atoms with E-state index in [0.717, 1.165) is 9.37 Å². The number of nitro groups is 1. The third-order valence-electron chi connectivity index (χ3n) is 4.99. The van der Waals surface area contributed by atoms with Crippen molar-refractivity contribution < 1.29 is 24.0 Å². The molecule has 0 aromatic heterocycles. The molecule has 29 heavy (non-hydrogen) atoms. The third-order valence-corrected chi connectivity index (χ3v) is 5.48. The zero-order chi connectivity index (χ0) is 20.8. The lowest BCUT2D eigenvalue weighted by atomic mass is 9.92. The van der Waals surface area contributed by atoms with Crippen molar-refractivity contribution in [1.29, 1.82) is 0 Å². The maximum Gasteiger partial charge on any atom is 0.325 e. The highest BCUT2D eigenvalue weighted by Crippen LogP contribution is 2.36. The molecule has 0 spiro atoms. The predicted octanol–water partition coefficient (Wildman–Crippen LogP) is 3.19. The van der Waals surface area contributed by atoms with Crippen LogP contribution in [0.2, 0.25) is 0 Å². The molecule has 2 aromatic rings. The Morgan fingerprint density at radius 3 is 2.83 bits per heavy atom. The van der Waals surface area contributed by atoms with Crippen LogP contribution in [0.25, 0.3) is 0 Å². The number of halogens is 1. The molecule has 1 fully saturated rings. The fourth-order valence-corrected chi connectivity index (χ4v) is 3.91. The Labute approximate surface area is 173 Å². The minimum Gasteiger partial charge on any atom is -0.467 e.